The third kappa shape index (κ3) is 4.85. The van der Waals surface area contributed by atoms with Crippen molar-refractivity contribution in [2.75, 3.05) is 10.2 Å². The minimum absolute atomic E-state index is 0.00148. The van der Waals surface area contributed by atoms with E-state index in [0.29, 0.717) is 23.3 Å². The Morgan fingerprint density at radius 2 is 1.29 bits per heavy atom. The second-order valence-electron chi connectivity index (χ2n) is 12.0. The Hall–Kier alpha value is -3.79. The molecular formula is C32H29F5N2O3. The van der Waals surface area contributed by atoms with Crippen LogP contribution in [0.2, 0.25) is 0 Å². The quantitative estimate of drug-likeness (QED) is 0.184. The van der Waals surface area contributed by atoms with Gasteiger partial charge in [0.25, 0.3) is 11.8 Å². The average Bonchev–Trinajstić information content (AvgIpc) is 2.97. The van der Waals surface area contributed by atoms with E-state index in [2.05, 4.69) is 5.32 Å². The van der Waals surface area contributed by atoms with Crippen molar-refractivity contribution < 1.29 is 36.6 Å². The number of para-hydroxylation sites is 2. The number of nitrogens with zero attached hydrogens (tertiary/aromatic N) is 1. The smallest absolute Gasteiger partial charge is 0.261 e. The molecule has 4 aliphatic carbocycles. The van der Waals surface area contributed by atoms with Crippen LogP contribution < -0.4 is 10.2 Å². The summed E-state index contributed by atoms with van der Waals surface area (Å²) in [6.07, 6.45) is 4.27. The van der Waals surface area contributed by atoms with Crippen molar-refractivity contribution in [3.8, 4) is 0 Å². The number of benzene rings is 3. The van der Waals surface area contributed by atoms with Crippen LogP contribution in [-0.2, 0) is 11.3 Å². The monoisotopic (exact) mass is 584 g/mol. The van der Waals surface area contributed by atoms with Crippen LogP contribution >= 0.6 is 0 Å². The Labute approximate surface area is 239 Å². The molecule has 3 aromatic rings. The summed E-state index contributed by atoms with van der Waals surface area (Å²) in [5.41, 5.74) is -1.49. The fourth-order valence-electron chi connectivity index (χ4n) is 7.77. The highest BCUT2D eigenvalue weighted by atomic mass is 19.2. The van der Waals surface area contributed by atoms with E-state index < -0.39 is 58.0 Å². The van der Waals surface area contributed by atoms with Crippen molar-refractivity contribution in [1.82, 2.24) is 0 Å². The summed E-state index contributed by atoms with van der Waals surface area (Å²) >= 11 is 0. The SMILES string of the molecule is O=C(Nc1ccccc1N(Cc1ccccc1)C(=O)C(O)C12CC3CC(CC(C3)C1)C2)c1c(F)c(F)c(F)c(F)c1F. The molecule has 7 rings (SSSR count). The van der Waals surface area contributed by atoms with Gasteiger partial charge in [0.15, 0.2) is 23.3 Å². The second-order valence-corrected chi connectivity index (χ2v) is 12.0. The fourth-order valence-corrected chi connectivity index (χ4v) is 7.77. The summed E-state index contributed by atoms with van der Waals surface area (Å²) in [5, 5.41) is 13.9. The van der Waals surface area contributed by atoms with Gasteiger partial charge in [0.05, 0.1) is 17.9 Å². The lowest BCUT2D eigenvalue weighted by molar-refractivity contribution is -0.152. The van der Waals surface area contributed by atoms with E-state index in [1.54, 1.807) is 36.4 Å². The number of halogens is 5. The van der Waals surface area contributed by atoms with Crippen LogP contribution in [-0.4, -0.2) is 23.0 Å². The summed E-state index contributed by atoms with van der Waals surface area (Å²) < 4.78 is 70.1. The van der Waals surface area contributed by atoms with E-state index in [4.69, 9.17) is 0 Å². The lowest BCUT2D eigenvalue weighted by Crippen LogP contribution is -2.56. The molecule has 0 saturated heterocycles. The summed E-state index contributed by atoms with van der Waals surface area (Å²) in [4.78, 5) is 28.5. The number of rotatable bonds is 7. The molecule has 0 spiro atoms. The number of anilines is 2. The molecule has 220 valence electrons. The van der Waals surface area contributed by atoms with Crippen LogP contribution in [0.5, 0.6) is 0 Å². The molecule has 4 bridgehead atoms. The molecule has 3 aromatic carbocycles. The largest absolute Gasteiger partial charge is 0.383 e. The van der Waals surface area contributed by atoms with E-state index in [9.17, 15) is 36.6 Å². The normalized spacial score (nSPS) is 24.9. The molecule has 0 aliphatic heterocycles. The Bertz CT molecular complexity index is 1480. The summed E-state index contributed by atoms with van der Waals surface area (Å²) in [5.74, 6) is -12.2. The number of carbonyl (C=O) groups is 2. The summed E-state index contributed by atoms with van der Waals surface area (Å²) in [6, 6.07) is 14.8. The third-order valence-electron chi connectivity index (χ3n) is 9.23. The first-order chi connectivity index (χ1) is 20.1. The van der Waals surface area contributed by atoms with Gasteiger partial charge in [-0.3, -0.25) is 9.59 Å². The van der Waals surface area contributed by atoms with Crippen molar-refractivity contribution in [3.05, 3.63) is 94.8 Å². The van der Waals surface area contributed by atoms with Crippen LogP contribution in [0, 0.1) is 52.3 Å². The molecule has 42 heavy (non-hydrogen) atoms. The molecule has 0 radical (unpaired) electrons. The van der Waals surface area contributed by atoms with Gasteiger partial charge in [-0.25, -0.2) is 22.0 Å². The topological polar surface area (TPSA) is 69.6 Å². The Balaban J connectivity index is 1.36. The Morgan fingerprint density at radius 1 is 0.786 bits per heavy atom. The number of amides is 2. The van der Waals surface area contributed by atoms with Crippen molar-refractivity contribution in [3.63, 3.8) is 0 Å². The maximum atomic E-state index is 14.4. The highest BCUT2D eigenvalue weighted by molar-refractivity contribution is 6.08. The number of aliphatic hydroxyl groups excluding tert-OH is 1. The zero-order chi connectivity index (χ0) is 29.8. The lowest BCUT2D eigenvalue weighted by atomic mass is 9.48. The van der Waals surface area contributed by atoms with Gasteiger partial charge >= 0.3 is 0 Å². The molecule has 4 aliphatic rings. The van der Waals surface area contributed by atoms with Crippen molar-refractivity contribution >= 4 is 23.2 Å². The lowest BCUT2D eigenvalue weighted by Gasteiger charge is -2.58. The van der Waals surface area contributed by atoms with E-state index >= 15 is 0 Å². The zero-order valence-corrected chi connectivity index (χ0v) is 22.6. The van der Waals surface area contributed by atoms with Gasteiger partial charge in [-0.05, 0) is 74.0 Å². The molecule has 10 heteroatoms. The van der Waals surface area contributed by atoms with Gasteiger partial charge in [0, 0.05) is 5.41 Å². The van der Waals surface area contributed by atoms with Gasteiger partial charge < -0.3 is 15.3 Å². The second kappa shape index (κ2) is 10.8. The van der Waals surface area contributed by atoms with Gasteiger partial charge in [-0.1, -0.05) is 42.5 Å². The van der Waals surface area contributed by atoms with Gasteiger partial charge in [-0.2, -0.15) is 0 Å². The van der Waals surface area contributed by atoms with E-state index in [1.807, 2.05) is 0 Å². The van der Waals surface area contributed by atoms with Crippen LogP contribution in [0.4, 0.5) is 33.3 Å². The van der Waals surface area contributed by atoms with E-state index in [1.165, 1.54) is 23.1 Å². The third-order valence-corrected chi connectivity index (χ3v) is 9.23. The predicted molar refractivity (Wildman–Crippen MR) is 145 cm³/mol. The van der Waals surface area contributed by atoms with Crippen molar-refractivity contribution in [1.29, 1.82) is 0 Å². The molecule has 5 nitrogen and oxygen atoms in total. The zero-order valence-electron chi connectivity index (χ0n) is 22.6. The molecule has 2 amide bonds. The first-order valence-electron chi connectivity index (χ1n) is 14.0. The number of aliphatic hydroxyl groups is 1. The summed E-state index contributed by atoms with van der Waals surface area (Å²) in [7, 11) is 0. The van der Waals surface area contributed by atoms with E-state index in [0.717, 1.165) is 38.5 Å². The Kier molecular flexibility index (Phi) is 7.29. The number of carbonyl (C=O) groups excluding carboxylic acids is 2. The molecule has 1 unspecified atom stereocenters. The van der Waals surface area contributed by atoms with Crippen LogP contribution in [0.25, 0.3) is 0 Å². The van der Waals surface area contributed by atoms with Crippen LogP contribution in [0.15, 0.2) is 54.6 Å². The van der Waals surface area contributed by atoms with Crippen LogP contribution in [0.3, 0.4) is 0 Å². The summed E-state index contributed by atoms with van der Waals surface area (Å²) in [6.45, 7) is -0.00148. The fraction of sp³-hybridized carbons (Fsp3) is 0.375. The number of nitrogens with one attached hydrogen (secondary N) is 1. The Morgan fingerprint density at radius 3 is 1.86 bits per heavy atom. The molecule has 1 atom stereocenters. The van der Waals surface area contributed by atoms with Crippen molar-refractivity contribution in [2.24, 2.45) is 23.2 Å². The predicted octanol–water partition coefficient (Wildman–Crippen LogP) is 6.74. The minimum Gasteiger partial charge on any atom is -0.383 e. The standard InChI is InChI=1S/C32H29F5N2O3/c33-24-23(25(34)27(36)28(37)26(24)35)30(41)38-21-8-4-5-9-22(21)39(16-17-6-2-1-3-7-17)31(42)29(40)32-13-18-10-19(14-32)12-20(11-18)15-32/h1-9,18-20,29,40H,10-16H2,(H,38,41). The number of hydrogen-bond acceptors (Lipinski definition) is 3. The molecule has 4 fully saturated rings. The van der Waals surface area contributed by atoms with Gasteiger partial charge in [-0.15, -0.1) is 0 Å². The molecule has 0 heterocycles. The first kappa shape index (κ1) is 28.3. The maximum absolute atomic E-state index is 14.4. The minimum atomic E-state index is -2.37. The highest BCUT2D eigenvalue weighted by Gasteiger charge is 2.56. The van der Waals surface area contributed by atoms with Gasteiger partial charge in [0.1, 0.15) is 11.7 Å². The first-order valence-corrected chi connectivity index (χ1v) is 14.0. The molecule has 4 saturated carbocycles. The molecule has 2 N–H and O–H groups in total. The maximum Gasteiger partial charge on any atom is 0.261 e. The molecular weight excluding hydrogens is 555 g/mol. The highest BCUT2D eigenvalue weighted by Crippen LogP contribution is 2.61. The molecule has 0 aromatic heterocycles. The van der Waals surface area contributed by atoms with E-state index in [-0.39, 0.29) is 17.9 Å². The van der Waals surface area contributed by atoms with Crippen molar-refractivity contribution in [2.45, 2.75) is 51.2 Å². The number of hydrogen-bond donors (Lipinski definition) is 2. The van der Waals surface area contributed by atoms with Crippen LogP contribution in [0.1, 0.15) is 54.4 Å². The van der Waals surface area contributed by atoms with Gasteiger partial charge in [0.2, 0.25) is 5.82 Å². The average molecular weight is 585 g/mol.